The zero-order valence-corrected chi connectivity index (χ0v) is 14.5. The van der Waals surface area contributed by atoms with Crippen molar-refractivity contribution in [1.29, 1.82) is 0 Å². The molecule has 2 heterocycles. The third-order valence-electron chi connectivity index (χ3n) is 4.24. The molecule has 3 rings (SSSR count). The summed E-state index contributed by atoms with van der Waals surface area (Å²) in [4.78, 5) is 30.5. The van der Waals surface area contributed by atoms with Gasteiger partial charge in [-0.2, -0.15) is 0 Å². The molecule has 1 aliphatic rings. The number of fused-ring (bicyclic) bond motifs is 3. The Hall–Kier alpha value is -2.08. The Morgan fingerprint density at radius 1 is 1.48 bits per heavy atom. The molecule has 0 saturated carbocycles. The molecule has 1 aromatic carbocycles. The number of nitrogens with zero attached hydrogens (tertiary/aromatic N) is 2. The summed E-state index contributed by atoms with van der Waals surface area (Å²) < 4.78 is 1.03. The van der Waals surface area contributed by atoms with Crippen LogP contribution < -0.4 is 0 Å². The van der Waals surface area contributed by atoms with Gasteiger partial charge in [-0.25, -0.2) is 0 Å². The van der Waals surface area contributed by atoms with Crippen LogP contribution in [0.15, 0.2) is 35.3 Å². The van der Waals surface area contributed by atoms with Crippen molar-refractivity contribution < 1.29 is 9.59 Å². The van der Waals surface area contributed by atoms with Gasteiger partial charge in [0.15, 0.2) is 0 Å². The number of amides is 2. The predicted molar refractivity (Wildman–Crippen MR) is 93.0 cm³/mol. The number of aromatic amines is 1. The van der Waals surface area contributed by atoms with Crippen LogP contribution in [0.4, 0.5) is 0 Å². The maximum atomic E-state index is 12.4. The fraction of sp³-hybridized carbons (Fsp3) is 0.294. The number of para-hydroxylation sites is 1. The summed E-state index contributed by atoms with van der Waals surface area (Å²) in [5.74, 6) is -0.295. The largest absolute Gasteiger partial charge is 0.356 e. The van der Waals surface area contributed by atoms with Crippen LogP contribution in [0.25, 0.3) is 10.9 Å². The Balaban J connectivity index is 1.79. The third-order valence-corrected chi connectivity index (χ3v) is 4.90. The van der Waals surface area contributed by atoms with E-state index in [1.807, 2.05) is 12.1 Å². The summed E-state index contributed by atoms with van der Waals surface area (Å²) in [6.07, 6.45) is 2.04. The van der Waals surface area contributed by atoms with Gasteiger partial charge in [0.25, 0.3) is 0 Å². The topological polar surface area (TPSA) is 56.4 Å². The van der Waals surface area contributed by atoms with Gasteiger partial charge in [0.1, 0.15) is 0 Å². The molecule has 0 fully saturated rings. The number of hydrogen-bond donors (Lipinski definition) is 1. The number of carbonyl (C=O) groups is 2. The molecule has 0 saturated heterocycles. The number of rotatable bonds is 3. The molecule has 2 aromatic rings. The van der Waals surface area contributed by atoms with Crippen molar-refractivity contribution in [3.05, 3.63) is 46.6 Å². The molecule has 2 amide bonds. The summed E-state index contributed by atoms with van der Waals surface area (Å²) in [6, 6.07) is 6.13. The highest BCUT2D eigenvalue weighted by atomic mass is 79.9. The van der Waals surface area contributed by atoms with E-state index in [1.54, 1.807) is 11.9 Å². The standard InChI is InChI=1S/C17H18BrN3O2/c1-3-15(22)20(2)10-16(23)21-8-7-11-12-5-4-6-13(18)17(12)19-14(11)9-21/h3-6,19H,1,7-10H2,2H3. The highest BCUT2D eigenvalue weighted by Gasteiger charge is 2.25. The number of likely N-dealkylation sites (N-methyl/N-ethyl adjacent to an activating group) is 1. The molecule has 0 spiro atoms. The zero-order valence-electron chi connectivity index (χ0n) is 12.9. The molecule has 5 nitrogen and oxygen atoms in total. The molecule has 6 heteroatoms. The highest BCUT2D eigenvalue weighted by Crippen LogP contribution is 2.31. The van der Waals surface area contributed by atoms with Crippen molar-refractivity contribution in [2.45, 2.75) is 13.0 Å². The molecular weight excluding hydrogens is 358 g/mol. The van der Waals surface area contributed by atoms with Crippen molar-refractivity contribution in [1.82, 2.24) is 14.8 Å². The maximum Gasteiger partial charge on any atom is 0.246 e. The van der Waals surface area contributed by atoms with Crippen LogP contribution in [-0.2, 0) is 22.6 Å². The molecule has 0 atom stereocenters. The van der Waals surface area contributed by atoms with Crippen molar-refractivity contribution in [2.24, 2.45) is 0 Å². The second kappa shape index (κ2) is 6.20. The minimum atomic E-state index is -0.245. The van der Waals surface area contributed by atoms with Crippen LogP contribution >= 0.6 is 15.9 Å². The molecular formula is C17H18BrN3O2. The van der Waals surface area contributed by atoms with E-state index in [-0.39, 0.29) is 18.4 Å². The van der Waals surface area contributed by atoms with E-state index in [9.17, 15) is 9.59 Å². The zero-order chi connectivity index (χ0) is 16.6. The van der Waals surface area contributed by atoms with Gasteiger partial charge in [-0.3, -0.25) is 9.59 Å². The molecule has 23 heavy (non-hydrogen) atoms. The van der Waals surface area contributed by atoms with E-state index in [0.717, 1.165) is 22.1 Å². The van der Waals surface area contributed by atoms with Gasteiger partial charge in [0, 0.05) is 29.1 Å². The molecule has 1 aromatic heterocycles. The first-order chi connectivity index (χ1) is 11.0. The fourth-order valence-electron chi connectivity index (χ4n) is 2.98. The number of nitrogens with one attached hydrogen (secondary N) is 1. The van der Waals surface area contributed by atoms with Gasteiger partial charge in [-0.1, -0.05) is 18.7 Å². The average molecular weight is 376 g/mol. The van der Waals surface area contributed by atoms with Gasteiger partial charge in [-0.15, -0.1) is 0 Å². The first-order valence-electron chi connectivity index (χ1n) is 7.44. The summed E-state index contributed by atoms with van der Waals surface area (Å²) in [6.45, 7) is 4.73. The summed E-state index contributed by atoms with van der Waals surface area (Å²) in [5.41, 5.74) is 3.43. The molecule has 1 aliphatic heterocycles. The Bertz CT molecular complexity index is 796. The van der Waals surface area contributed by atoms with Crippen LogP contribution in [-0.4, -0.2) is 46.7 Å². The number of H-pyrrole nitrogens is 1. The van der Waals surface area contributed by atoms with E-state index < -0.39 is 0 Å². The number of halogens is 1. The van der Waals surface area contributed by atoms with E-state index >= 15 is 0 Å². The Morgan fingerprint density at radius 3 is 3.00 bits per heavy atom. The molecule has 0 radical (unpaired) electrons. The molecule has 0 bridgehead atoms. The van der Waals surface area contributed by atoms with E-state index in [4.69, 9.17) is 0 Å². The van der Waals surface area contributed by atoms with Gasteiger partial charge in [0.2, 0.25) is 11.8 Å². The highest BCUT2D eigenvalue weighted by molar-refractivity contribution is 9.10. The Kier molecular flexibility index (Phi) is 4.26. The first kappa shape index (κ1) is 15.8. The van der Waals surface area contributed by atoms with Gasteiger partial charge in [-0.05, 0) is 40.1 Å². The molecule has 120 valence electrons. The number of carbonyl (C=O) groups excluding carboxylic acids is 2. The second-order valence-corrected chi connectivity index (χ2v) is 6.56. The lowest BCUT2D eigenvalue weighted by atomic mass is 10.0. The third kappa shape index (κ3) is 2.91. The quantitative estimate of drug-likeness (QED) is 0.837. The lowest BCUT2D eigenvalue weighted by Crippen LogP contribution is -2.42. The fourth-order valence-corrected chi connectivity index (χ4v) is 3.44. The van der Waals surface area contributed by atoms with E-state index in [0.29, 0.717) is 13.1 Å². The monoisotopic (exact) mass is 375 g/mol. The predicted octanol–water partition coefficient (Wildman–Crippen LogP) is 2.46. The van der Waals surface area contributed by atoms with Crippen molar-refractivity contribution >= 4 is 38.6 Å². The lowest BCUT2D eigenvalue weighted by molar-refractivity contribution is -0.137. The summed E-state index contributed by atoms with van der Waals surface area (Å²) in [5, 5.41) is 1.21. The van der Waals surface area contributed by atoms with E-state index in [2.05, 4.69) is 33.6 Å². The smallest absolute Gasteiger partial charge is 0.246 e. The summed E-state index contributed by atoms with van der Waals surface area (Å²) >= 11 is 3.56. The molecule has 0 unspecified atom stereocenters. The van der Waals surface area contributed by atoms with Crippen molar-refractivity contribution in [3.63, 3.8) is 0 Å². The van der Waals surface area contributed by atoms with Crippen LogP contribution in [0.1, 0.15) is 11.3 Å². The number of hydrogen-bond acceptors (Lipinski definition) is 2. The van der Waals surface area contributed by atoms with Crippen LogP contribution in [0, 0.1) is 0 Å². The maximum absolute atomic E-state index is 12.4. The van der Waals surface area contributed by atoms with Crippen molar-refractivity contribution in [2.75, 3.05) is 20.1 Å². The average Bonchev–Trinajstić information content (AvgIpc) is 2.93. The van der Waals surface area contributed by atoms with Crippen molar-refractivity contribution in [3.8, 4) is 0 Å². The van der Waals surface area contributed by atoms with Crippen LogP contribution in [0.5, 0.6) is 0 Å². The minimum absolute atomic E-state index is 0.0499. The van der Waals surface area contributed by atoms with Crippen LogP contribution in [0.2, 0.25) is 0 Å². The van der Waals surface area contributed by atoms with Gasteiger partial charge >= 0.3 is 0 Å². The van der Waals surface area contributed by atoms with Gasteiger partial charge in [0.05, 0.1) is 18.6 Å². The second-order valence-electron chi connectivity index (χ2n) is 5.71. The first-order valence-corrected chi connectivity index (χ1v) is 8.23. The van der Waals surface area contributed by atoms with E-state index in [1.165, 1.54) is 21.9 Å². The SMILES string of the molecule is C=CC(=O)N(C)CC(=O)N1CCc2c([nH]c3c(Br)cccc23)C1. The summed E-state index contributed by atoms with van der Waals surface area (Å²) in [7, 11) is 1.61. The lowest BCUT2D eigenvalue weighted by Gasteiger charge is -2.28. The van der Waals surface area contributed by atoms with Gasteiger partial charge < -0.3 is 14.8 Å². The molecule has 0 aliphatic carbocycles. The van der Waals surface area contributed by atoms with Crippen LogP contribution in [0.3, 0.4) is 0 Å². The molecule has 1 N–H and O–H groups in total. The number of benzene rings is 1. The Morgan fingerprint density at radius 2 is 2.26 bits per heavy atom. The Labute approximate surface area is 143 Å². The minimum Gasteiger partial charge on any atom is -0.356 e. The normalized spacial score (nSPS) is 13.7. The number of aromatic nitrogens is 1.